The molecule has 0 saturated heterocycles. The second-order valence-corrected chi connectivity index (χ2v) is 5.67. The van der Waals surface area contributed by atoms with Crippen LogP contribution in [-0.2, 0) is 0 Å². The van der Waals surface area contributed by atoms with Gasteiger partial charge in [0.25, 0.3) is 0 Å². The summed E-state index contributed by atoms with van der Waals surface area (Å²) in [7, 11) is 0. The van der Waals surface area contributed by atoms with E-state index in [-0.39, 0.29) is 68.9 Å². The summed E-state index contributed by atoms with van der Waals surface area (Å²) >= 11 is 0. The Morgan fingerprint density at radius 3 is 1.21 bits per heavy atom. The second-order valence-electron chi connectivity index (χ2n) is 5.67. The molecular formula is C18H37Cs. The number of hydrogen-bond donors (Lipinski definition) is 0. The molecule has 19 heavy (non-hydrogen) atoms. The van der Waals surface area contributed by atoms with Crippen LogP contribution in [0.2, 0.25) is 0 Å². The van der Waals surface area contributed by atoms with Crippen LogP contribution in [0.3, 0.4) is 0 Å². The SMILES string of the molecule is C=CCCCCCCCCCCCCCCCC.[CsH]. The Hall–Kier alpha value is 1.79. The first-order valence-corrected chi connectivity index (χ1v) is 8.52. The molecule has 0 spiro atoms. The molecular weight excluding hydrogens is 349 g/mol. The Balaban J connectivity index is 0. The molecule has 0 aliphatic rings. The Bertz CT molecular complexity index is 154. The molecule has 0 heterocycles. The van der Waals surface area contributed by atoms with Crippen LogP contribution in [0.15, 0.2) is 12.7 Å². The molecule has 0 saturated carbocycles. The second kappa shape index (κ2) is 22.1. The predicted molar refractivity (Wildman–Crippen MR) is 92.3 cm³/mol. The maximum atomic E-state index is 3.76. The van der Waals surface area contributed by atoms with Gasteiger partial charge >= 0.3 is 68.9 Å². The standard InChI is InChI=1S/C18H36.Cs.H/c1-3-5-7-9-11-13-15-17-18-16-14-12-10-8-6-4-2;;/h3H,1,4-18H2,2H3;;. The van der Waals surface area contributed by atoms with Crippen molar-refractivity contribution in [2.45, 2.75) is 103 Å². The van der Waals surface area contributed by atoms with Gasteiger partial charge in [-0.25, -0.2) is 0 Å². The van der Waals surface area contributed by atoms with E-state index in [2.05, 4.69) is 13.5 Å². The van der Waals surface area contributed by atoms with Crippen molar-refractivity contribution in [1.29, 1.82) is 0 Å². The average Bonchev–Trinajstić information content (AvgIpc) is 2.39. The predicted octanol–water partition coefficient (Wildman–Crippen LogP) is 6.40. The summed E-state index contributed by atoms with van der Waals surface area (Å²) in [6.45, 7) is 6.05. The number of allylic oxidation sites excluding steroid dienone is 1. The molecule has 0 unspecified atom stereocenters. The fourth-order valence-corrected chi connectivity index (χ4v) is 2.48. The van der Waals surface area contributed by atoms with Gasteiger partial charge in [-0.1, -0.05) is 96.5 Å². The van der Waals surface area contributed by atoms with Crippen LogP contribution in [0.5, 0.6) is 0 Å². The summed E-state index contributed by atoms with van der Waals surface area (Å²) < 4.78 is 0. The van der Waals surface area contributed by atoms with Crippen molar-refractivity contribution in [2.24, 2.45) is 0 Å². The molecule has 0 nitrogen and oxygen atoms in total. The van der Waals surface area contributed by atoms with E-state index >= 15 is 0 Å². The molecule has 0 bridgehead atoms. The quantitative estimate of drug-likeness (QED) is 0.226. The third kappa shape index (κ3) is 22.2. The minimum atomic E-state index is 0. The first-order chi connectivity index (χ1) is 8.91. The molecule has 1 heteroatoms. The van der Waals surface area contributed by atoms with Crippen molar-refractivity contribution in [3.63, 3.8) is 0 Å². The van der Waals surface area contributed by atoms with Crippen molar-refractivity contribution >= 4 is 68.9 Å². The van der Waals surface area contributed by atoms with Crippen molar-refractivity contribution in [2.75, 3.05) is 0 Å². The summed E-state index contributed by atoms with van der Waals surface area (Å²) in [6.07, 6.45) is 23.5. The van der Waals surface area contributed by atoms with Crippen LogP contribution in [0.4, 0.5) is 0 Å². The Kier molecular flexibility index (Phi) is 26.8. The van der Waals surface area contributed by atoms with E-state index in [1.165, 1.54) is 96.3 Å². The van der Waals surface area contributed by atoms with Gasteiger partial charge in [-0.05, 0) is 12.8 Å². The molecule has 0 amide bonds. The zero-order chi connectivity index (χ0) is 13.3. The van der Waals surface area contributed by atoms with E-state index in [1.54, 1.807) is 0 Å². The van der Waals surface area contributed by atoms with Gasteiger partial charge in [0.05, 0.1) is 0 Å². The van der Waals surface area contributed by atoms with Crippen LogP contribution in [-0.4, -0.2) is 68.9 Å². The van der Waals surface area contributed by atoms with Crippen molar-refractivity contribution in [1.82, 2.24) is 0 Å². The monoisotopic (exact) mass is 386 g/mol. The molecule has 0 aliphatic carbocycles. The zero-order valence-corrected chi connectivity index (χ0v) is 12.9. The topological polar surface area (TPSA) is 0 Å². The molecule has 0 rings (SSSR count). The van der Waals surface area contributed by atoms with Gasteiger partial charge in [-0.15, -0.1) is 6.58 Å². The minimum absolute atomic E-state index is 0. The molecule has 0 aromatic carbocycles. The third-order valence-corrected chi connectivity index (χ3v) is 3.76. The zero-order valence-electron chi connectivity index (χ0n) is 12.9. The van der Waals surface area contributed by atoms with E-state index in [1.807, 2.05) is 6.08 Å². The summed E-state index contributed by atoms with van der Waals surface area (Å²) in [4.78, 5) is 0. The van der Waals surface area contributed by atoms with Crippen molar-refractivity contribution < 1.29 is 0 Å². The summed E-state index contributed by atoms with van der Waals surface area (Å²) in [5.41, 5.74) is 0. The first kappa shape index (κ1) is 23.1. The molecule has 0 aliphatic heterocycles. The number of unbranched alkanes of at least 4 members (excludes halogenated alkanes) is 14. The molecule has 0 aromatic rings. The fourth-order valence-electron chi connectivity index (χ4n) is 2.48. The Morgan fingerprint density at radius 2 is 0.895 bits per heavy atom. The van der Waals surface area contributed by atoms with E-state index in [0.717, 1.165) is 0 Å². The average molecular weight is 386 g/mol. The van der Waals surface area contributed by atoms with E-state index in [0.29, 0.717) is 0 Å². The van der Waals surface area contributed by atoms with Crippen LogP contribution >= 0.6 is 0 Å². The van der Waals surface area contributed by atoms with Crippen LogP contribution in [0.25, 0.3) is 0 Å². The van der Waals surface area contributed by atoms with Gasteiger partial charge in [0.2, 0.25) is 0 Å². The Morgan fingerprint density at radius 1 is 0.579 bits per heavy atom. The van der Waals surface area contributed by atoms with Crippen molar-refractivity contribution in [3.8, 4) is 0 Å². The normalized spacial score (nSPS) is 10.2. The van der Waals surface area contributed by atoms with Gasteiger partial charge in [-0.2, -0.15) is 0 Å². The third-order valence-electron chi connectivity index (χ3n) is 3.76. The first-order valence-electron chi connectivity index (χ1n) is 8.52. The molecule has 110 valence electrons. The fraction of sp³-hybridized carbons (Fsp3) is 0.889. The van der Waals surface area contributed by atoms with Gasteiger partial charge in [0, 0.05) is 0 Å². The van der Waals surface area contributed by atoms with Crippen LogP contribution in [0, 0.1) is 0 Å². The van der Waals surface area contributed by atoms with Gasteiger partial charge in [-0.3, -0.25) is 0 Å². The number of rotatable bonds is 15. The number of hydrogen-bond acceptors (Lipinski definition) is 0. The summed E-state index contributed by atoms with van der Waals surface area (Å²) in [5.74, 6) is 0. The van der Waals surface area contributed by atoms with Gasteiger partial charge in [0.1, 0.15) is 0 Å². The summed E-state index contributed by atoms with van der Waals surface area (Å²) in [5, 5.41) is 0. The molecule has 0 radical (unpaired) electrons. The molecule has 0 N–H and O–H groups in total. The van der Waals surface area contributed by atoms with Crippen LogP contribution in [0.1, 0.15) is 103 Å². The summed E-state index contributed by atoms with van der Waals surface area (Å²) in [6, 6.07) is 0. The molecule has 0 fully saturated rings. The van der Waals surface area contributed by atoms with E-state index in [4.69, 9.17) is 0 Å². The maximum absolute atomic E-state index is 3.76. The van der Waals surface area contributed by atoms with E-state index in [9.17, 15) is 0 Å². The molecule has 0 aromatic heterocycles. The van der Waals surface area contributed by atoms with Crippen LogP contribution < -0.4 is 0 Å². The van der Waals surface area contributed by atoms with Gasteiger partial charge in [0.15, 0.2) is 0 Å². The Labute approximate surface area is 182 Å². The van der Waals surface area contributed by atoms with Gasteiger partial charge < -0.3 is 0 Å². The molecule has 0 atom stereocenters. The van der Waals surface area contributed by atoms with Crippen molar-refractivity contribution in [3.05, 3.63) is 12.7 Å². The van der Waals surface area contributed by atoms with E-state index < -0.39 is 0 Å².